The number of hydrogen-bond acceptors (Lipinski definition) is 4. The van der Waals surface area contributed by atoms with E-state index in [1.54, 1.807) is 0 Å². The molecule has 2 aromatic carbocycles. The molecule has 0 bridgehead atoms. The first-order chi connectivity index (χ1) is 16.1. The summed E-state index contributed by atoms with van der Waals surface area (Å²) in [6.07, 6.45) is 10.1. The van der Waals surface area contributed by atoms with Crippen molar-refractivity contribution in [3.8, 4) is 5.75 Å². The molecule has 0 unspecified atom stereocenters. The van der Waals surface area contributed by atoms with Gasteiger partial charge in [-0.1, -0.05) is 85.6 Å². The molecule has 2 amide bonds. The van der Waals surface area contributed by atoms with Gasteiger partial charge in [0.25, 0.3) is 5.91 Å². The molecule has 0 heterocycles. The van der Waals surface area contributed by atoms with E-state index in [0.717, 1.165) is 34.9 Å². The maximum atomic E-state index is 12.0. The van der Waals surface area contributed by atoms with Gasteiger partial charge in [0.2, 0.25) is 5.91 Å². The Labute approximate surface area is 205 Å². The normalized spacial score (nSPS) is 10.8. The number of para-hydroxylation sites is 1. The van der Waals surface area contributed by atoms with Gasteiger partial charge in [-0.25, -0.2) is 5.43 Å². The Morgan fingerprint density at radius 3 is 2.39 bits per heavy atom. The number of hydrazone groups is 1. The Kier molecular flexibility index (Phi) is 12.9. The van der Waals surface area contributed by atoms with Crippen molar-refractivity contribution in [3.63, 3.8) is 0 Å². The van der Waals surface area contributed by atoms with Crippen LogP contribution >= 0.6 is 15.9 Å². The predicted octanol–water partition coefficient (Wildman–Crippen LogP) is 5.74. The van der Waals surface area contributed by atoms with Gasteiger partial charge in [-0.05, 0) is 36.2 Å². The van der Waals surface area contributed by atoms with E-state index in [1.165, 1.54) is 31.9 Å². The number of rotatable bonds is 15. The largest absolute Gasteiger partial charge is 0.488 e. The van der Waals surface area contributed by atoms with Crippen LogP contribution in [0.2, 0.25) is 0 Å². The Morgan fingerprint density at radius 1 is 0.939 bits per heavy atom. The Morgan fingerprint density at radius 2 is 1.64 bits per heavy atom. The van der Waals surface area contributed by atoms with E-state index in [1.807, 2.05) is 48.5 Å². The molecule has 0 saturated heterocycles. The van der Waals surface area contributed by atoms with E-state index in [0.29, 0.717) is 18.8 Å². The van der Waals surface area contributed by atoms with Gasteiger partial charge in [0.05, 0.1) is 12.8 Å². The quantitative estimate of drug-likeness (QED) is 0.180. The molecule has 0 aromatic heterocycles. The van der Waals surface area contributed by atoms with Gasteiger partial charge in [0, 0.05) is 16.5 Å². The van der Waals surface area contributed by atoms with Gasteiger partial charge in [-0.3, -0.25) is 9.59 Å². The third-order valence-corrected chi connectivity index (χ3v) is 5.60. The SMILES string of the molecule is CCCCCCCCCC(=O)NCC(=O)NN=Cc1ccccc1OCc1ccc(Br)cc1. The summed E-state index contributed by atoms with van der Waals surface area (Å²) in [6, 6.07) is 15.4. The summed E-state index contributed by atoms with van der Waals surface area (Å²) in [6.45, 7) is 2.54. The fourth-order valence-electron chi connectivity index (χ4n) is 3.18. The fraction of sp³-hybridized carbons (Fsp3) is 0.423. The molecular weight excluding hydrogens is 482 g/mol. The predicted molar refractivity (Wildman–Crippen MR) is 136 cm³/mol. The highest BCUT2D eigenvalue weighted by molar-refractivity contribution is 9.10. The third-order valence-electron chi connectivity index (χ3n) is 5.07. The molecule has 0 atom stereocenters. The number of amides is 2. The summed E-state index contributed by atoms with van der Waals surface area (Å²) >= 11 is 3.42. The average Bonchev–Trinajstić information content (AvgIpc) is 2.82. The molecule has 0 spiro atoms. The van der Waals surface area contributed by atoms with E-state index < -0.39 is 0 Å². The number of carbonyl (C=O) groups is 2. The average molecular weight is 516 g/mol. The van der Waals surface area contributed by atoms with Gasteiger partial charge in [0.1, 0.15) is 12.4 Å². The van der Waals surface area contributed by atoms with E-state index in [4.69, 9.17) is 4.74 Å². The number of ether oxygens (including phenoxy) is 1. The lowest BCUT2D eigenvalue weighted by molar-refractivity contribution is -0.126. The molecule has 0 radical (unpaired) electrons. The number of hydrogen-bond donors (Lipinski definition) is 2. The molecule has 33 heavy (non-hydrogen) atoms. The van der Waals surface area contributed by atoms with Crippen molar-refractivity contribution in [1.29, 1.82) is 0 Å². The van der Waals surface area contributed by atoms with Gasteiger partial charge in [0.15, 0.2) is 0 Å². The number of nitrogens with one attached hydrogen (secondary N) is 2. The molecule has 6 nitrogen and oxygen atoms in total. The zero-order chi connectivity index (χ0) is 23.7. The van der Waals surface area contributed by atoms with Gasteiger partial charge >= 0.3 is 0 Å². The monoisotopic (exact) mass is 515 g/mol. The van der Waals surface area contributed by atoms with Crippen molar-refractivity contribution >= 4 is 34.0 Å². The lowest BCUT2D eigenvalue weighted by Gasteiger charge is -2.09. The second-order valence-corrected chi connectivity index (χ2v) is 8.81. The van der Waals surface area contributed by atoms with Crippen molar-refractivity contribution in [3.05, 3.63) is 64.1 Å². The minimum Gasteiger partial charge on any atom is -0.488 e. The van der Waals surface area contributed by atoms with Crippen molar-refractivity contribution < 1.29 is 14.3 Å². The standard InChI is InChI=1S/C26H34BrN3O3/c1-2-3-4-5-6-7-8-13-25(31)28-19-26(32)30-29-18-22-11-9-10-12-24(22)33-20-21-14-16-23(27)17-15-21/h9-12,14-18H,2-8,13,19-20H2,1H3,(H,28,31)(H,30,32). The molecule has 0 aliphatic heterocycles. The minimum absolute atomic E-state index is 0.0889. The molecule has 2 rings (SSSR count). The molecule has 0 fully saturated rings. The van der Waals surface area contributed by atoms with E-state index >= 15 is 0 Å². The summed E-state index contributed by atoms with van der Waals surface area (Å²) in [5.74, 6) is 0.197. The maximum absolute atomic E-state index is 12.0. The molecule has 2 aromatic rings. The minimum atomic E-state index is -0.368. The van der Waals surface area contributed by atoms with Crippen LogP contribution in [0, 0.1) is 0 Å². The molecular formula is C26H34BrN3O3. The number of nitrogens with zero attached hydrogens (tertiary/aromatic N) is 1. The Balaban J connectivity index is 1.67. The first-order valence-electron chi connectivity index (χ1n) is 11.6. The summed E-state index contributed by atoms with van der Waals surface area (Å²) in [7, 11) is 0. The molecule has 178 valence electrons. The smallest absolute Gasteiger partial charge is 0.259 e. The van der Waals surface area contributed by atoms with Crippen LogP contribution in [-0.2, 0) is 16.2 Å². The fourth-order valence-corrected chi connectivity index (χ4v) is 3.45. The zero-order valence-corrected chi connectivity index (χ0v) is 20.9. The van der Waals surface area contributed by atoms with E-state index in [2.05, 4.69) is 38.7 Å². The number of halogens is 1. The van der Waals surface area contributed by atoms with Crippen LogP contribution < -0.4 is 15.5 Å². The van der Waals surface area contributed by atoms with Crippen LogP contribution in [-0.4, -0.2) is 24.6 Å². The van der Waals surface area contributed by atoms with E-state index in [9.17, 15) is 9.59 Å². The summed E-state index contributed by atoms with van der Waals surface area (Å²) in [5, 5.41) is 6.64. The number of unbranched alkanes of at least 4 members (excludes halogenated alkanes) is 6. The van der Waals surface area contributed by atoms with Crippen LogP contribution in [0.15, 0.2) is 58.1 Å². The maximum Gasteiger partial charge on any atom is 0.259 e. The Hall–Kier alpha value is -2.67. The molecule has 0 saturated carbocycles. The summed E-state index contributed by atoms with van der Waals surface area (Å²) in [4.78, 5) is 23.8. The first kappa shape index (κ1) is 26.6. The first-order valence-corrected chi connectivity index (χ1v) is 12.4. The van der Waals surface area contributed by atoms with Crippen LogP contribution in [0.3, 0.4) is 0 Å². The molecule has 7 heteroatoms. The van der Waals surface area contributed by atoms with Crippen molar-refractivity contribution in [2.75, 3.05) is 6.54 Å². The topological polar surface area (TPSA) is 79.8 Å². The highest BCUT2D eigenvalue weighted by atomic mass is 79.9. The third kappa shape index (κ3) is 11.7. The van der Waals surface area contributed by atoms with Crippen LogP contribution in [0.4, 0.5) is 0 Å². The van der Waals surface area contributed by atoms with Gasteiger partial charge in [-0.15, -0.1) is 0 Å². The van der Waals surface area contributed by atoms with Crippen LogP contribution in [0.5, 0.6) is 5.75 Å². The molecule has 2 N–H and O–H groups in total. The number of benzene rings is 2. The van der Waals surface area contributed by atoms with Crippen LogP contribution in [0.1, 0.15) is 69.4 Å². The molecule has 0 aliphatic carbocycles. The van der Waals surface area contributed by atoms with Crippen molar-refractivity contribution in [2.24, 2.45) is 5.10 Å². The summed E-state index contributed by atoms with van der Waals surface area (Å²) < 4.78 is 6.91. The summed E-state index contributed by atoms with van der Waals surface area (Å²) in [5.41, 5.74) is 4.24. The Bertz CT molecular complexity index is 885. The number of carbonyl (C=O) groups excluding carboxylic acids is 2. The van der Waals surface area contributed by atoms with Crippen LogP contribution in [0.25, 0.3) is 0 Å². The second kappa shape index (κ2) is 16.0. The van der Waals surface area contributed by atoms with Gasteiger partial charge < -0.3 is 10.1 Å². The highest BCUT2D eigenvalue weighted by Crippen LogP contribution is 2.18. The highest BCUT2D eigenvalue weighted by Gasteiger charge is 2.05. The lowest BCUT2D eigenvalue weighted by Crippen LogP contribution is -2.34. The van der Waals surface area contributed by atoms with Crippen molar-refractivity contribution in [1.82, 2.24) is 10.7 Å². The van der Waals surface area contributed by atoms with E-state index in [-0.39, 0.29) is 18.4 Å². The molecule has 0 aliphatic rings. The lowest BCUT2D eigenvalue weighted by atomic mass is 10.1. The zero-order valence-electron chi connectivity index (χ0n) is 19.3. The second-order valence-electron chi connectivity index (χ2n) is 7.89. The van der Waals surface area contributed by atoms with Crippen molar-refractivity contribution in [2.45, 2.75) is 64.9 Å². The van der Waals surface area contributed by atoms with Gasteiger partial charge in [-0.2, -0.15) is 5.10 Å².